The van der Waals surface area contributed by atoms with Gasteiger partial charge in [0, 0.05) is 13.1 Å². The molecule has 0 aliphatic rings. The van der Waals surface area contributed by atoms with Gasteiger partial charge in [-0.15, -0.1) is 0 Å². The lowest BCUT2D eigenvalue weighted by Crippen LogP contribution is -2.52. The lowest BCUT2D eigenvalue weighted by molar-refractivity contribution is -0.138. The number of para-hydroxylation sites is 1. The van der Waals surface area contributed by atoms with Gasteiger partial charge in [-0.05, 0) is 73.9 Å². The van der Waals surface area contributed by atoms with Gasteiger partial charge in [0.05, 0.1) is 10.6 Å². The number of unbranched alkanes of at least 4 members (excludes halogenated alkanes) is 1. The molecule has 0 spiro atoms. The third kappa shape index (κ3) is 8.70. The number of anilines is 1. The molecule has 9 heteroatoms. The molecule has 0 saturated carbocycles. The lowest BCUT2D eigenvalue weighted by Gasteiger charge is -2.32. The Morgan fingerprint density at radius 3 is 1.98 bits per heavy atom. The minimum Gasteiger partial charge on any atom is -0.457 e. The average Bonchev–Trinajstić information content (AvgIpc) is 3.05. The molecule has 44 heavy (non-hydrogen) atoms. The van der Waals surface area contributed by atoms with Crippen LogP contribution in [0.25, 0.3) is 0 Å². The summed E-state index contributed by atoms with van der Waals surface area (Å²) in [5, 5.41) is 2.91. The molecule has 0 aliphatic heterocycles. The van der Waals surface area contributed by atoms with Crippen molar-refractivity contribution < 1.29 is 22.7 Å². The second-order valence-corrected chi connectivity index (χ2v) is 12.2. The van der Waals surface area contributed by atoms with Gasteiger partial charge in [-0.25, -0.2) is 8.42 Å². The molecule has 230 valence electrons. The molecule has 0 aliphatic carbocycles. The molecule has 4 aromatic rings. The van der Waals surface area contributed by atoms with E-state index in [2.05, 4.69) is 5.32 Å². The number of hydrogen-bond donors (Lipinski definition) is 1. The number of nitrogens with zero attached hydrogens (tertiary/aromatic N) is 2. The molecule has 0 aromatic heterocycles. The minimum atomic E-state index is -4.14. The highest BCUT2D eigenvalue weighted by Gasteiger charge is 2.32. The zero-order valence-corrected chi connectivity index (χ0v) is 26.0. The largest absolute Gasteiger partial charge is 0.457 e. The van der Waals surface area contributed by atoms with Crippen LogP contribution in [0.15, 0.2) is 120 Å². The Kier molecular flexibility index (Phi) is 11.5. The summed E-state index contributed by atoms with van der Waals surface area (Å²) in [6.07, 6.45) is 2.26. The van der Waals surface area contributed by atoms with Crippen LogP contribution in [-0.2, 0) is 26.0 Å². The van der Waals surface area contributed by atoms with Crippen LogP contribution in [0.4, 0.5) is 5.69 Å². The summed E-state index contributed by atoms with van der Waals surface area (Å²) in [4.78, 5) is 28.6. The van der Waals surface area contributed by atoms with Gasteiger partial charge in [0.15, 0.2) is 0 Å². The molecule has 0 saturated heterocycles. The second-order valence-electron chi connectivity index (χ2n) is 10.4. The van der Waals surface area contributed by atoms with E-state index in [1.54, 1.807) is 49.4 Å². The lowest BCUT2D eigenvalue weighted by atomic mass is 10.1. The summed E-state index contributed by atoms with van der Waals surface area (Å²) >= 11 is 0. The highest BCUT2D eigenvalue weighted by molar-refractivity contribution is 7.92. The predicted molar refractivity (Wildman–Crippen MR) is 173 cm³/mol. The maximum Gasteiger partial charge on any atom is 0.264 e. The van der Waals surface area contributed by atoms with E-state index in [9.17, 15) is 18.0 Å². The van der Waals surface area contributed by atoms with Crippen LogP contribution in [-0.4, -0.2) is 50.8 Å². The summed E-state index contributed by atoms with van der Waals surface area (Å²) in [6, 6.07) is 32.7. The van der Waals surface area contributed by atoms with Crippen molar-refractivity contribution >= 4 is 27.5 Å². The van der Waals surface area contributed by atoms with Crippen molar-refractivity contribution in [1.82, 2.24) is 10.2 Å². The Morgan fingerprint density at radius 1 is 0.795 bits per heavy atom. The summed E-state index contributed by atoms with van der Waals surface area (Å²) in [5.74, 6) is 0.401. The van der Waals surface area contributed by atoms with Gasteiger partial charge in [-0.2, -0.15) is 0 Å². The Morgan fingerprint density at radius 2 is 1.36 bits per heavy atom. The number of rotatable bonds is 15. The molecule has 2 amide bonds. The smallest absolute Gasteiger partial charge is 0.264 e. The van der Waals surface area contributed by atoms with Crippen LogP contribution in [0.5, 0.6) is 11.5 Å². The second kappa shape index (κ2) is 15.7. The normalized spacial score (nSPS) is 11.8. The summed E-state index contributed by atoms with van der Waals surface area (Å²) in [6.45, 7) is 3.97. The molecule has 4 aromatic carbocycles. The molecular formula is C35H39N3O5S. The van der Waals surface area contributed by atoms with Crippen LogP contribution >= 0.6 is 0 Å². The van der Waals surface area contributed by atoms with Crippen LogP contribution in [0.2, 0.25) is 0 Å². The van der Waals surface area contributed by atoms with Crippen molar-refractivity contribution in [3.8, 4) is 11.5 Å². The summed E-state index contributed by atoms with van der Waals surface area (Å²) in [7, 11) is -4.14. The Bertz CT molecular complexity index is 1580. The van der Waals surface area contributed by atoms with Crippen molar-refractivity contribution in [2.75, 3.05) is 23.9 Å². The standard InChI is InChI=1S/C35H39N3O5S/c1-3-4-25-36-35(40)28(2)37(26-24-29-14-8-5-9-15-29)34(39)27-38(44(41,42)33-18-12-7-13-19-33)30-20-22-32(23-21-30)43-31-16-10-6-11-17-31/h5-23,28H,3-4,24-27H2,1-2H3,(H,36,40)/t28-/m1/s1. The van der Waals surface area contributed by atoms with Crippen molar-refractivity contribution in [3.63, 3.8) is 0 Å². The molecule has 0 heterocycles. The number of nitrogens with one attached hydrogen (secondary N) is 1. The van der Waals surface area contributed by atoms with Crippen molar-refractivity contribution in [2.24, 2.45) is 0 Å². The number of benzene rings is 4. The first-order chi connectivity index (χ1) is 21.3. The molecule has 1 atom stereocenters. The molecule has 0 fully saturated rings. The zero-order valence-electron chi connectivity index (χ0n) is 25.1. The van der Waals surface area contributed by atoms with E-state index in [4.69, 9.17) is 4.74 Å². The number of amides is 2. The Balaban J connectivity index is 1.63. The van der Waals surface area contributed by atoms with Gasteiger partial charge in [0.1, 0.15) is 24.1 Å². The average molecular weight is 614 g/mol. The molecule has 0 unspecified atom stereocenters. The first-order valence-electron chi connectivity index (χ1n) is 14.8. The maximum absolute atomic E-state index is 14.0. The fourth-order valence-electron chi connectivity index (χ4n) is 4.66. The first kappa shape index (κ1) is 32.3. The van der Waals surface area contributed by atoms with E-state index < -0.39 is 28.5 Å². The monoisotopic (exact) mass is 613 g/mol. The minimum absolute atomic E-state index is 0.0543. The quantitative estimate of drug-likeness (QED) is 0.165. The van der Waals surface area contributed by atoms with E-state index >= 15 is 0 Å². The van der Waals surface area contributed by atoms with E-state index in [1.807, 2.05) is 67.6 Å². The molecule has 0 radical (unpaired) electrons. The van der Waals surface area contributed by atoms with Gasteiger partial charge < -0.3 is 15.0 Å². The van der Waals surface area contributed by atoms with Gasteiger partial charge >= 0.3 is 0 Å². The topological polar surface area (TPSA) is 96.0 Å². The van der Waals surface area contributed by atoms with Gasteiger partial charge in [0.2, 0.25) is 11.8 Å². The predicted octanol–water partition coefficient (Wildman–Crippen LogP) is 6.05. The van der Waals surface area contributed by atoms with E-state index in [1.165, 1.54) is 17.0 Å². The maximum atomic E-state index is 14.0. The van der Waals surface area contributed by atoms with E-state index in [0.717, 1.165) is 22.7 Å². The molecule has 4 rings (SSSR count). The molecule has 8 nitrogen and oxygen atoms in total. The number of carbonyl (C=O) groups is 2. The third-order valence-electron chi connectivity index (χ3n) is 7.19. The van der Waals surface area contributed by atoms with Crippen molar-refractivity contribution in [2.45, 2.75) is 44.0 Å². The van der Waals surface area contributed by atoms with Crippen molar-refractivity contribution in [3.05, 3.63) is 121 Å². The van der Waals surface area contributed by atoms with Crippen LogP contribution in [0.3, 0.4) is 0 Å². The van der Waals surface area contributed by atoms with Crippen LogP contribution in [0, 0.1) is 0 Å². The number of carbonyl (C=O) groups excluding carboxylic acids is 2. The fraction of sp³-hybridized carbons (Fsp3) is 0.257. The van der Waals surface area contributed by atoms with Crippen molar-refractivity contribution in [1.29, 1.82) is 0 Å². The highest BCUT2D eigenvalue weighted by Crippen LogP contribution is 2.28. The van der Waals surface area contributed by atoms with E-state index in [-0.39, 0.29) is 17.3 Å². The number of sulfonamides is 1. The van der Waals surface area contributed by atoms with Gasteiger partial charge in [0.25, 0.3) is 10.0 Å². The molecular weight excluding hydrogens is 574 g/mol. The van der Waals surface area contributed by atoms with Gasteiger partial charge in [-0.3, -0.25) is 13.9 Å². The fourth-order valence-corrected chi connectivity index (χ4v) is 6.09. The van der Waals surface area contributed by atoms with Crippen LogP contribution < -0.4 is 14.4 Å². The first-order valence-corrected chi connectivity index (χ1v) is 16.3. The Hall–Kier alpha value is -4.63. The van der Waals surface area contributed by atoms with Crippen LogP contribution in [0.1, 0.15) is 32.3 Å². The summed E-state index contributed by atoms with van der Waals surface area (Å²) in [5.41, 5.74) is 1.30. The molecule has 0 bridgehead atoms. The Labute approximate surface area is 260 Å². The number of ether oxygens (including phenoxy) is 1. The number of hydrogen-bond acceptors (Lipinski definition) is 5. The summed E-state index contributed by atoms with van der Waals surface area (Å²) < 4.78 is 34.9. The SMILES string of the molecule is CCCCNC(=O)[C@@H](C)N(CCc1ccccc1)C(=O)CN(c1ccc(Oc2ccccc2)cc1)S(=O)(=O)c1ccccc1. The van der Waals surface area contributed by atoms with E-state index in [0.29, 0.717) is 30.2 Å². The third-order valence-corrected chi connectivity index (χ3v) is 8.98. The molecule has 1 N–H and O–H groups in total. The highest BCUT2D eigenvalue weighted by atomic mass is 32.2. The zero-order chi connectivity index (χ0) is 31.4. The van der Waals surface area contributed by atoms with Gasteiger partial charge in [-0.1, -0.05) is 80.1 Å².